The van der Waals surface area contributed by atoms with Gasteiger partial charge in [-0.1, -0.05) is 25.1 Å². The first-order chi connectivity index (χ1) is 9.60. The summed E-state index contributed by atoms with van der Waals surface area (Å²) < 4.78 is 6.05. The maximum Gasteiger partial charge on any atom is 0.146 e. The summed E-state index contributed by atoms with van der Waals surface area (Å²) in [6.07, 6.45) is 1.25. The van der Waals surface area contributed by atoms with E-state index in [2.05, 4.69) is 43.2 Å². The molecule has 0 saturated heterocycles. The third kappa shape index (κ3) is 3.70. The van der Waals surface area contributed by atoms with E-state index in [9.17, 15) is 0 Å². The summed E-state index contributed by atoms with van der Waals surface area (Å²) in [5, 5.41) is 4.59. The van der Waals surface area contributed by atoms with Crippen molar-refractivity contribution in [1.82, 2.24) is 10.3 Å². The topological polar surface area (TPSA) is 34.1 Å². The van der Waals surface area contributed by atoms with Crippen LogP contribution in [0.15, 0.2) is 30.3 Å². The molecule has 2 aromatic rings. The highest BCUT2D eigenvalue weighted by molar-refractivity contribution is 5.84. The predicted molar refractivity (Wildman–Crippen MR) is 84.3 cm³/mol. The van der Waals surface area contributed by atoms with Crippen molar-refractivity contribution in [3.05, 3.63) is 36.0 Å². The molecule has 0 aliphatic rings. The van der Waals surface area contributed by atoms with Crippen molar-refractivity contribution in [2.45, 2.75) is 46.3 Å². The zero-order valence-corrected chi connectivity index (χ0v) is 12.8. The Morgan fingerprint density at radius 3 is 2.75 bits per heavy atom. The maximum atomic E-state index is 6.05. The zero-order valence-electron chi connectivity index (χ0n) is 12.8. The number of hydrogen-bond acceptors (Lipinski definition) is 3. The molecule has 2 atom stereocenters. The number of aromatic nitrogens is 1. The Hall–Kier alpha value is -1.61. The molecule has 0 aliphatic carbocycles. The number of ether oxygens (including phenoxy) is 1. The molecule has 108 valence electrons. The molecule has 0 spiro atoms. The number of aryl methyl sites for hydroxylation is 1. The van der Waals surface area contributed by atoms with Crippen molar-refractivity contribution >= 4 is 10.9 Å². The first-order valence-corrected chi connectivity index (χ1v) is 7.36. The van der Waals surface area contributed by atoms with Crippen molar-refractivity contribution < 1.29 is 4.74 Å². The molecular weight excluding hydrogens is 248 g/mol. The Kier molecular flexibility index (Phi) is 4.96. The number of fused-ring (bicyclic) bond motifs is 1. The van der Waals surface area contributed by atoms with Crippen molar-refractivity contribution in [3.8, 4) is 5.75 Å². The molecule has 1 heterocycles. The fourth-order valence-corrected chi connectivity index (χ4v) is 2.08. The maximum absolute atomic E-state index is 6.05. The molecule has 1 aromatic heterocycles. The number of nitrogens with one attached hydrogen (secondary N) is 1. The third-order valence-electron chi connectivity index (χ3n) is 3.52. The lowest BCUT2D eigenvalue weighted by Gasteiger charge is -2.19. The Labute approximate surface area is 121 Å². The number of hydrogen-bond donors (Lipinski definition) is 1. The minimum atomic E-state index is 0.122. The van der Waals surface area contributed by atoms with Gasteiger partial charge in [-0.15, -0.1) is 0 Å². The fourth-order valence-electron chi connectivity index (χ4n) is 2.08. The van der Waals surface area contributed by atoms with Gasteiger partial charge in [-0.2, -0.15) is 0 Å². The van der Waals surface area contributed by atoms with E-state index >= 15 is 0 Å². The van der Waals surface area contributed by atoms with Crippen LogP contribution in [-0.4, -0.2) is 23.7 Å². The van der Waals surface area contributed by atoms with Crippen molar-refractivity contribution in [1.29, 1.82) is 0 Å². The molecule has 0 aliphatic heterocycles. The minimum Gasteiger partial charge on any atom is -0.487 e. The van der Waals surface area contributed by atoms with Crippen LogP contribution >= 0.6 is 0 Å². The monoisotopic (exact) mass is 272 g/mol. The van der Waals surface area contributed by atoms with Gasteiger partial charge < -0.3 is 10.1 Å². The molecule has 0 bridgehead atoms. The van der Waals surface area contributed by atoms with Crippen LogP contribution in [0.4, 0.5) is 0 Å². The van der Waals surface area contributed by atoms with Gasteiger partial charge >= 0.3 is 0 Å². The van der Waals surface area contributed by atoms with Gasteiger partial charge in [0.25, 0.3) is 0 Å². The lowest BCUT2D eigenvalue weighted by Crippen LogP contribution is -2.34. The van der Waals surface area contributed by atoms with Gasteiger partial charge in [0.15, 0.2) is 0 Å². The molecule has 0 radical (unpaired) electrons. The van der Waals surface area contributed by atoms with Crippen LogP contribution in [0.25, 0.3) is 10.9 Å². The highest BCUT2D eigenvalue weighted by atomic mass is 16.5. The lowest BCUT2D eigenvalue weighted by atomic mass is 10.2. The Morgan fingerprint density at radius 2 is 2.00 bits per heavy atom. The third-order valence-corrected chi connectivity index (χ3v) is 3.52. The quantitative estimate of drug-likeness (QED) is 0.870. The summed E-state index contributed by atoms with van der Waals surface area (Å²) in [4.78, 5) is 4.59. The number of pyridine rings is 1. The van der Waals surface area contributed by atoms with Gasteiger partial charge in [-0.25, -0.2) is 4.98 Å². The number of nitrogens with zero attached hydrogens (tertiary/aromatic N) is 1. The van der Waals surface area contributed by atoms with E-state index in [-0.39, 0.29) is 6.10 Å². The highest BCUT2D eigenvalue weighted by Crippen LogP contribution is 2.24. The molecule has 1 aromatic carbocycles. The lowest BCUT2D eigenvalue weighted by molar-refractivity contribution is 0.214. The van der Waals surface area contributed by atoms with Crippen LogP contribution < -0.4 is 10.1 Å². The second-order valence-electron chi connectivity index (χ2n) is 5.43. The summed E-state index contributed by atoms with van der Waals surface area (Å²) in [6.45, 7) is 9.31. The largest absolute Gasteiger partial charge is 0.487 e. The van der Waals surface area contributed by atoms with Crippen molar-refractivity contribution in [2.75, 3.05) is 6.54 Å². The first kappa shape index (κ1) is 14.8. The summed E-state index contributed by atoms with van der Waals surface area (Å²) in [7, 11) is 0. The zero-order chi connectivity index (χ0) is 14.5. The summed E-state index contributed by atoms with van der Waals surface area (Å²) >= 11 is 0. The van der Waals surface area contributed by atoms with Crippen LogP contribution in [0.2, 0.25) is 0 Å². The Morgan fingerprint density at radius 1 is 1.20 bits per heavy atom. The Bertz CT molecular complexity index is 568. The van der Waals surface area contributed by atoms with E-state index in [4.69, 9.17) is 4.74 Å². The van der Waals surface area contributed by atoms with Gasteiger partial charge in [-0.05, 0) is 39.3 Å². The SMILES string of the molecule is CCC(C)NCC(C)Oc1cccc2ccc(C)nc12. The van der Waals surface area contributed by atoms with E-state index in [1.807, 2.05) is 25.1 Å². The second-order valence-corrected chi connectivity index (χ2v) is 5.43. The van der Waals surface area contributed by atoms with Crippen LogP contribution in [0.3, 0.4) is 0 Å². The molecule has 1 N–H and O–H groups in total. The first-order valence-electron chi connectivity index (χ1n) is 7.36. The van der Waals surface area contributed by atoms with Crippen LogP contribution in [0, 0.1) is 6.92 Å². The normalized spacial score (nSPS) is 14.2. The van der Waals surface area contributed by atoms with E-state index in [1.165, 1.54) is 0 Å². The van der Waals surface area contributed by atoms with Gasteiger partial charge in [0.2, 0.25) is 0 Å². The van der Waals surface area contributed by atoms with E-state index in [0.29, 0.717) is 6.04 Å². The molecule has 0 saturated carbocycles. The van der Waals surface area contributed by atoms with Crippen LogP contribution in [-0.2, 0) is 0 Å². The van der Waals surface area contributed by atoms with Crippen LogP contribution in [0.5, 0.6) is 5.75 Å². The average Bonchev–Trinajstić information content (AvgIpc) is 2.45. The summed E-state index contributed by atoms with van der Waals surface area (Å²) in [5.41, 5.74) is 1.96. The standard InChI is InChI=1S/C17H24N2O/c1-5-12(2)18-11-14(4)20-16-8-6-7-15-10-9-13(3)19-17(15)16/h6-10,12,14,18H,5,11H2,1-4H3. The van der Waals surface area contributed by atoms with Crippen LogP contribution in [0.1, 0.15) is 32.9 Å². The smallest absolute Gasteiger partial charge is 0.146 e. The molecule has 3 heteroatoms. The number of benzene rings is 1. The number of para-hydroxylation sites is 1. The van der Waals surface area contributed by atoms with E-state index < -0.39 is 0 Å². The minimum absolute atomic E-state index is 0.122. The van der Waals surface area contributed by atoms with E-state index in [1.54, 1.807) is 0 Å². The molecule has 3 nitrogen and oxygen atoms in total. The summed E-state index contributed by atoms with van der Waals surface area (Å²) in [5.74, 6) is 0.865. The molecule has 0 amide bonds. The molecule has 20 heavy (non-hydrogen) atoms. The molecule has 0 fully saturated rings. The second kappa shape index (κ2) is 6.71. The van der Waals surface area contributed by atoms with Gasteiger partial charge in [-0.3, -0.25) is 0 Å². The molecule has 2 rings (SSSR count). The van der Waals surface area contributed by atoms with Gasteiger partial charge in [0.1, 0.15) is 17.4 Å². The fraction of sp³-hybridized carbons (Fsp3) is 0.471. The van der Waals surface area contributed by atoms with E-state index in [0.717, 1.165) is 35.3 Å². The Balaban J connectivity index is 2.11. The van der Waals surface area contributed by atoms with Gasteiger partial charge in [0, 0.05) is 23.7 Å². The molecule has 2 unspecified atom stereocenters. The number of rotatable bonds is 6. The van der Waals surface area contributed by atoms with Crippen molar-refractivity contribution in [2.24, 2.45) is 0 Å². The van der Waals surface area contributed by atoms with Crippen molar-refractivity contribution in [3.63, 3.8) is 0 Å². The van der Waals surface area contributed by atoms with Gasteiger partial charge in [0.05, 0.1) is 0 Å². The highest BCUT2D eigenvalue weighted by Gasteiger charge is 2.09. The summed E-state index contributed by atoms with van der Waals surface area (Å²) in [6, 6.07) is 10.7. The average molecular weight is 272 g/mol. The predicted octanol–water partition coefficient (Wildman–Crippen LogP) is 3.70. The molecular formula is C17H24N2O.